The van der Waals surface area contributed by atoms with Gasteiger partial charge in [-0.3, -0.25) is 9.36 Å². The van der Waals surface area contributed by atoms with E-state index in [0.29, 0.717) is 28.6 Å². The molecule has 0 saturated heterocycles. The number of nitrogens with one attached hydrogen (secondary N) is 2. The van der Waals surface area contributed by atoms with E-state index in [-0.39, 0.29) is 6.54 Å². The van der Waals surface area contributed by atoms with E-state index < -0.39 is 11.7 Å². The third-order valence-electron chi connectivity index (χ3n) is 6.28. The van der Waals surface area contributed by atoms with E-state index in [9.17, 15) is 13.2 Å². The van der Waals surface area contributed by atoms with Crippen LogP contribution in [-0.2, 0) is 19.3 Å². The summed E-state index contributed by atoms with van der Waals surface area (Å²) in [5.41, 5.74) is 6.98. The van der Waals surface area contributed by atoms with Crippen molar-refractivity contribution in [2.45, 2.75) is 53.9 Å². The Kier molecular flexibility index (Phi) is 7.40. The van der Waals surface area contributed by atoms with Crippen LogP contribution < -0.4 is 10.6 Å². The van der Waals surface area contributed by atoms with Gasteiger partial charge in [0.15, 0.2) is 5.11 Å². The van der Waals surface area contributed by atoms with Gasteiger partial charge in [-0.15, -0.1) is 0 Å². The number of thiocarbonyl (C=S) groups is 1. The van der Waals surface area contributed by atoms with E-state index in [1.165, 1.54) is 11.6 Å². The lowest BCUT2D eigenvalue weighted by Gasteiger charge is -2.12. The highest BCUT2D eigenvalue weighted by Gasteiger charge is 2.30. The first-order valence-corrected chi connectivity index (χ1v) is 12.2. The maximum absolute atomic E-state index is 13.1. The van der Waals surface area contributed by atoms with Crippen molar-refractivity contribution in [2.24, 2.45) is 0 Å². The third-order valence-corrected chi connectivity index (χ3v) is 6.48. The van der Waals surface area contributed by atoms with Gasteiger partial charge < -0.3 is 10.6 Å². The monoisotopic (exact) mass is 526 g/mol. The summed E-state index contributed by atoms with van der Waals surface area (Å²) in [5.74, 6) is 0. The summed E-state index contributed by atoms with van der Waals surface area (Å²) in [5, 5.41) is 16.0. The number of benzene rings is 2. The minimum absolute atomic E-state index is 0.211. The lowest BCUT2D eigenvalue weighted by atomic mass is 10.1. The number of anilines is 2. The van der Waals surface area contributed by atoms with Crippen molar-refractivity contribution in [3.8, 4) is 0 Å². The number of rotatable bonds is 6. The number of aromatic nitrogens is 4. The Bertz CT molecular complexity index is 1430. The standard InChI is InChI=1S/C27H29F3N6S/c1-16-9-11-21(12-10-16)14-35-19(4)24(17(2)33-35)31-26(37)32-25-18(3)34-36(20(25)5)15-22-7-6-8-23(13-22)27(28,29)30/h6-13H,14-15H2,1-5H3,(H2,31,32,37). The topological polar surface area (TPSA) is 59.7 Å². The van der Waals surface area contributed by atoms with Crippen LogP contribution >= 0.6 is 12.2 Å². The van der Waals surface area contributed by atoms with Crippen LogP contribution in [-0.4, -0.2) is 24.7 Å². The summed E-state index contributed by atoms with van der Waals surface area (Å²) < 4.78 is 42.9. The van der Waals surface area contributed by atoms with Crippen molar-refractivity contribution in [1.82, 2.24) is 19.6 Å². The number of hydrogen-bond donors (Lipinski definition) is 2. The van der Waals surface area contributed by atoms with E-state index in [4.69, 9.17) is 12.2 Å². The molecule has 0 aliphatic rings. The van der Waals surface area contributed by atoms with Gasteiger partial charge in [0.1, 0.15) is 0 Å². The summed E-state index contributed by atoms with van der Waals surface area (Å²) in [6.07, 6.45) is -4.39. The van der Waals surface area contributed by atoms with E-state index in [2.05, 4.69) is 52.0 Å². The molecule has 0 atom stereocenters. The quantitative estimate of drug-likeness (QED) is 0.279. The average Bonchev–Trinajstić information content (AvgIpc) is 3.24. The number of halogens is 3. The van der Waals surface area contributed by atoms with Crippen LogP contribution in [0.15, 0.2) is 48.5 Å². The highest BCUT2D eigenvalue weighted by molar-refractivity contribution is 7.80. The summed E-state index contributed by atoms with van der Waals surface area (Å²) in [4.78, 5) is 0. The van der Waals surface area contributed by atoms with Gasteiger partial charge in [-0.1, -0.05) is 42.0 Å². The molecule has 0 spiro atoms. The van der Waals surface area contributed by atoms with Gasteiger partial charge in [-0.05, 0) is 70.1 Å². The molecule has 2 aromatic carbocycles. The SMILES string of the molecule is Cc1ccc(Cn2nc(C)c(NC(=S)Nc3c(C)nn(Cc4cccc(C(F)(F)F)c4)c3C)c2C)cc1. The predicted octanol–water partition coefficient (Wildman–Crippen LogP) is 6.55. The molecule has 0 radical (unpaired) electrons. The molecular formula is C27H29F3N6S. The molecule has 4 aromatic rings. The lowest BCUT2D eigenvalue weighted by Crippen LogP contribution is -2.21. The molecule has 2 N–H and O–H groups in total. The van der Waals surface area contributed by atoms with Crippen molar-refractivity contribution < 1.29 is 13.2 Å². The molecule has 194 valence electrons. The molecular weight excluding hydrogens is 497 g/mol. The predicted molar refractivity (Wildman–Crippen MR) is 144 cm³/mol. The number of alkyl halides is 3. The maximum atomic E-state index is 13.1. The average molecular weight is 527 g/mol. The van der Waals surface area contributed by atoms with Gasteiger partial charge >= 0.3 is 6.18 Å². The van der Waals surface area contributed by atoms with Crippen LogP contribution in [0.25, 0.3) is 0 Å². The van der Waals surface area contributed by atoms with Crippen molar-refractivity contribution in [3.63, 3.8) is 0 Å². The zero-order valence-electron chi connectivity index (χ0n) is 21.4. The summed E-state index contributed by atoms with van der Waals surface area (Å²) in [7, 11) is 0. The van der Waals surface area contributed by atoms with Crippen LogP contribution in [0.2, 0.25) is 0 Å². The molecule has 0 bridgehead atoms. The van der Waals surface area contributed by atoms with Crippen molar-refractivity contribution in [2.75, 3.05) is 10.6 Å². The molecule has 4 rings (SSSR count). The molecule has 0 saturated carbocycles. The number of nitrogens with zero attached hydrogens (tertiary/aromatic N) is 4. The molecule has 2 heterocycles. The molecule has 6 nitrogen and oxygen atoms in total. The van der Waals surface area contributed by atoms with E-state index in [0.717, 1.165) is 40.5 Å². The fourth-order valence-electron chi connectivity index (χ4n) is 4.21. The van der Waals surface area contributed by atoms with E-state index in [1.54, 1.807) is 10.7 Å². The highest BCUT2D eigenvalue weighted by Crippen LogP contribution is 2.30. The summed E-state index contributed by atoms with van der Waals surface area (Å²) in [6.45, 7) is 10.5. The van der Waals surface area contributed by atoms with Crippen LogP contribution in [0, 0.1) is 34.6 Å². The molecule has 0 fully saturated rings. The zero-order valence-corrected chi connectivity index (χ0v) is 22.2. The molecule has 0 unspecified atom stereocenters. The second-order valence-corrected chi connectivity index (χ2v) is 9.58. The Morgan fingerprint density at radius 3 is 1.81 bits per heavy atom. The first-order valence-electron chi connectivity index (χ1n) is 11.8. The zero-order chi connectivity index (χ0) is 26.9. The third kappa shape index (κ3) is 6.02. The maximum Gasteiger partial charge on any atom is 0.416 e. The Morgan fingerprint density at radius 1 is 0.784 bits per heavy atom. The normalized spacial score (nSPS) is 11.6. The largest absolute Gasteiger partial charge is 0.416 e. The van der Waals surface area contributed by atoms with Crippen LogP contribution in [0.5, 0.6) is 0 Å². The van der Waals surface area contributed by atoms with Gasteiger partial charge in [0, 0.05) is 0 Å². The highest BCUT2D eigenvalue weighted by atomic mass is 32.1. The van der Waals surface area contributed by atoms with Crippen LogP contribution in [0.3, 0.4) is 0 Å². The van der Waals surface area contributed by atoms with Crippen molar-refractivity contribution in [1.29, 1.82) is 0 Å². The Morgan fingerprint density at radius 2 is 1.30 bits per heavy atom. The smallest absolute Gasteiger partial charge is 0.329 e. The first kappa shape index (κ1) is 26.4. The molecule has 10 heteroatoms. The molecule has 0 amide bonds. The molecule has 37 heavy (non-hydrogen) atoms. The molecule has 0 aliphatic carbocycles. The minimum atomic E-state index is -4.39. The summed E-state index contributed by atoms with van der Waals surface area (Å²) in [6, 6.07) is 13.6. The van der Waals surface area contributed by atoms with Crippen LogP contribution in [0.1, 0.15) is 45.0 Å². The fourth-order valence-corrected chi connectivity index (χ4v) is 4.41. The summed E-state index contributed by atoms with van der Waals surface area (Å²) >= 11 is 5.59. The Hall–Kier alpha value is -3.66. The second-order valence-electron chi connectivity index (χ2n) is 9.17. The van der Waals surface area contributed by atoms with Crippen LogP contribution in [0.4, 0.5) is 24.5 Å². The Labute approximate surface area is 219 Å². The van der Waals surface area contributed by atoms with E-state index >= 15 is 0 Å². The lowest BCUT2D eigenvalue weighted by molar-refractivity contribution is -0.137. The van der Waals surface area contributed by atoms with E-state index in [1.807, 2.05) is 32.4 Å². The van der Waals surface area contributed by atoms with Gasteiger partial charge in [0.25, 0.3) is 0 Å². The first-order chi connectivity index (χ1) is 17.4. The molecule has 2 aromatic heterocycles. The van der Waals surface area contributed by atoms with Crippen molar-refractivity contribution >= 4 is 28.7 Å². The van der Waals surface area contributed by atoms with Gasteiger partial charge in [0.2, 0.25) is 0 Å². The van der Waals surface area contributed by atoms with Gasteiger partial charge in [-0.2, -0.15) is 23.4 Å². The Balaban J connectivity index is 1.47. The van der Waals surface area contributed by atoms with Gasteiger partial charge in [0.05, 0.1) is 52.8 Å². The van der Waals surface area contributed by atoms with Gasteiger partial charge in [-0.25, -0.2) is 0 Å². The minimum Gasteiger partial charge on any atom is -0.329 e. The second kappa shape index (κ2) is 10.4. The number of hydrogen-bond acceptors (Lipinski definition) is 3. The number of aryl methyl sites for hydroxylation is 3. The van der Waals surface area contributed by atoms with Crippen molar-refractivity contribution in [3.05, 3.63) is 93.6 Å². The fraction of sp³-hybridized carbons (Fsp3) is 0.296. The molecule has 0 aliphatic heterocycles.